The van der Waals surface area contributed by atoms with Crippen molar-refractivity contribution in [2.75, 3.05) is 26.3 Å². The van der Waals surface area contributed by atoms with Crippen molar-refractivity contribution < 1.29 is 19.3 Å². The smallest absolute Gasteiger partial charge is 0.128 e. The normalized spacial score (nSPS) is 12.6. The van der Waals surface area contributed by atoms with Gasteiger partial charge in [-0.3, -0.25) is 0 Å². The van der Waals surface area contributed by atoms with Crippen molar-refractivity contribution in [3.63, 3.8) is 0 Å². The molecule has 0 aromatic heterocycles. The number of aliphatic hydroxyl groups excluding tert-OH is 2. The number of nitrogens with one attached hydrogen (secondary N) is 1. The summed E-state index contributed by atoms with van der Waals surface area (Å²) in [6.07, 6.45) is 2.17. The number of rotatable bonds is 11. The van der Waals surface area contributed by atoms with E-state index in [4.69, 9.17) is 9.84 Å². The zero-order valence-corrected chi connectivity index (χ0v) is 11.7. The maximum absolute atomic E-state index is 13.3. The van der Waals surface area contributed by atoms with E-state index in [9.17, 15) is 9.50 Å². The van der Waals surface area contributed by atoms with Crippen LogP contribution >= 0.6 is 0 Å². The lowest BCUT2D eigenvalue weighted by molar-refractivity contribution is 0.0279. The maximum atomic E-state index is 13.3. The summed E-state index contributed by atoms with van der Waals surface area (Å²) in [6, 6.07) is 6.45. The standard InChI is InChI=1S/C15H24FNO3/c16-15-7-3-2-6-13(15)11-20-12-14(19)10-17-8-4-1-5-9-18/h2-3,6-7,14,17-19H,1,4-5,8-12H2. The summed E-state index contributed by atoms with van der Waals surface area (Å²) in [4.78, 5) is 0. The van der Waals surface area contributed by atoms with Crippen LogP contribution in [0.3, 0.4) is 0 Å². The molecule has 4 nitrogen and oxygen atoms in total. The Kier molecular flexibility index (Phi) is 9.15. The van der Waals surface area contributed by atoms with Crippen molar-refractivity contribution in [3.05, 3.63) is 35.6 Å². The minimum absolute atomic E-state index is 0.167. The Morgan fingerprint density at radius 2 is 2.00 bits per heavy atom. The summed E-state index contributed by atoms with van der Waals surface area (Å²) in [5, 5.41) is 21.4. The first-order valence-electron chi connectivity index (χ1n) is 7.05. The number of ether oxygens (including phenoxy) is 1. The summed E-state index contributed by atoms with van der Waals surface area (Å²) in [5.74, 6) is -0.288. The van der Waals surface area contributed by atoms with E-state index in [2.05, 4.69) is 5.32 Å². The minimum Gasteiger partial charge on any atom is -0.396 e. The van der Waals surface area contributed by atoms with Crippen LogP contribution in [0.4, 0.5) is 4.39 Å². The number of halogens is 1. The first-order valence-corrected chi connectivity index (χ1v) is 7.05. The molecule has 0 aliphatic heterocycles. The van der Waals surface area contributed by atoms with Crippen molar-refractivity contribution >= 4 is 0 Å². The van der Waals surface area contributed by atoms with Crippen LogP contribution in [-0.4, -0.2) is 42.6 Å². The molecule has 0 fully saturated rings. The lowest BCUT2D eigenvalue weighted by atomic mass is 10.2. The number of hydrogen-bond donors (Lipinski definition) is 3. The molecule has 0 saturated heterocycles. The van der Waals surface area contributed by atoms with Gasteiger partial charge in [0.2, 0.25) is 0 Å². The molecule has 0 aliphatic rings. The Balaban J connectivity index is 2.03. The largest absolute Gasteiger partial charge is 0.396 e. The zero-order valence-electron chi connectivity index (χ0n) is 11.7. The van der Waals surface area contributed by atoms with Crippen LogP contribution in [-0.2, 0) is 11.3 Å². The summed E-state index contributed by atoms with van der Waals surface area (Å²) in [5.41, 5.74) is 0.497. The van der Waals surface area contributed by atoms with Gasteiger partial charge >= 0.3 is 0 Å². The number of aliphatic hydroxyl groups is 2. The lowest BCUT2D eigenvalue weighted by Crippen LogP contribution is -2.31. The second kappa shape index (κ2) is 10.7. The van der Waals surface area contributed by atoms with E-state index in [1.165, 1.54) is 6.07 Å². The second-order valence-corrected chi connectivity index (χ2v) is 4.75. The first-order chi connectivity index (χ1) is 9.74. The second-order valence-electron chi connectivity index (χ2n) is 4.75. The number of unbranched alkanes of at least 4 members (excludes halogenated alkanes) is 2. The van der Waals surface area contributed by atoms with Crippen molar-refractivity contribution in [3.8, 4) is 0 Å². The molecule has 3 N–H and O–H groups in total. The topological polar surface area (TPSA) is 61.7 Å². The molecule has 0 radical (unpaired) electrons. The highest BCUT2D eigenvalue weighted by Crippen LogP contribution is 2.07. The summed E-state index contributed by atoms with van der Waals surface area (Å²) in [6.45, 7) is 1.84. The molecule has 1 atom stereocenters. The van der Waals surface area contributed by atoms with Gasteiger partial charge in [-0.15, -0.1) is 0 Å². The third-order valence-corrected chi connectivity index (χ3v) is 2.92. The van der Waals surface area contributed by atoms with Crippen molar-refractivity contribution in [2.45, 2.75) is 32.0 Å². The molecule has 0 aliphatic carbocycles. The van der Waals surface area contributed by atoms with Gasteiger partial charge in [0.1, 0.15) is 5.82 Å². The predicted octanol–water partition coefficient (Wildman–Crippen LogP) is 1.46. The van der Waals surface area contributed by atoms with Gasteiger partial charge in [0, 0.05) is 18.7 Å². The molecule has 5 heteroatoms. The van der Waals surface area contributed by atoms with Gasteiger partial charge in [-0.1, -0.05) is 18.2 Å². The van der Waals surface area contributed by atoms with E-state index in [1.807, 2.05) is 0 Å². The Morgan fingerprint density at radius 1 is 1.20 bits per heavy atom. The Morgan fingerprint density at radius 3 is 2.75 bits per heavy atom. The zero-order chi connectivity index (χ0) is 14.6. The van der Waals surface area contributed by atoms with Crippen LogP contribution in [0.1, 0.15) is 24.8 Å². The molecule has 20 heavy (non-hydrogen) atoms. The van der Waals surface area contributed by atoms with E-state index < -0.39 is 6.10 Å². The van der Waals surface area contributed by atoms with Crippen molar-refractivity contribution in [1.29, 1.82) is 0 Å². The molecular weight excluding hydrogens is 261 g/mol. The van der Waals surface area contributed by atoms with E-state index in [1.54, 1.807) is 18.2 Å². The maximum Gasteiger partial charge on any atom is 0.128 e. The first kappa shape index (κ1) is 17.0. The van der Waals surface area contributed by atoms with E-state index in [0.717, 1.165) is 25.8 Å². The van der Waals surface area contributed by atoms with Crippen molar-refractivity contribution in [1.82, 2.24) is 5.32 Å². The molecule has 0 saturated carbocycles. The van der Waals surface area contributed by atoms with Gasteiger partial charge in [-0.2, -0.15) is 0 Å². The molecule has 114 valence electrons. The molecule has 1 rings (SSSR count). The van der Waals surface area contributed by atoms with E-state index >= 15 is 0 Å². The third kappa shape index (κ3) is 7.55. The Labute approximate surface area is 119 Å². The minimum atomic E-state index is -0.598. The predicted molar refractivity (Wildman–Crippen MR) is 75.9 cm³/mol. The lowest BCUT2D eigenvalue weighted by Gasteiger charge is -2.12. The fraction of sp³-hybridized carbons (Fsp3) is 0.600. The molecule has 0 spiro atoms. The summed E-state index contributed by atoms with van der Waals surface area (Å²) < 4.78 is 18.6. The van der Waals surface area contributed by atoms with E-state index in [-0.39, 0.29) is 25.6 Å². The summed E-state index contributed by atoms with van der Waals surface area (Å²) >= 11 is 0. The van der Waals surface area contributed by atoms with Crippen LogP contribution in [0.5, 0.6) is 0 Å². The summed E-state index contributed by atoms with van der Waals surface area (Å²) in [7, 11) is 0. The third-order valence-electron chi connectivity index (χ3n) is 2.92. The van der Waals surface area contributed by atoms with Crippen LogP contribution in [0.2, 0.25) is 0 Å². The van der Waals surface area contributed by atoms with E-state index in [0.29, 0.717) is 12.1 Å². The molecule has 1 aromatic rings. The Bertz CT molecular complexity index is 363. The van der Waals surface area contributed by atoms with Crippen molar-refractivity contribution in [2.24, 2.45) is 0 Å². The van der Waals surface area contributed by atoms with Crippen LogP contribution < -0.4 is 5.32 Å². The Hall–Kier alpha value is -1.01. The van der Waals surface area contributed by atoms with Gasteiger partial charge in [0.25, 0.3) is 0 Å². The number of hydrogen-bond acceptors (Lipinski definition) is 4. The SMILES string of the molecule is OCCCCCNCC(O)COCc1ccccc1F. The molecule has 1 unspecified atom stereocenters. The highest BCUT2D eigenvalue weighted by Gasteiger charge is 2.05. The quantitative estimate of drug-likeness (QED) is 0.539. The fourth-order valence-electron chi connectivity index (χ4n) is 1.79. The molecular formula is C15H24FNO3. The average Bonchev–Trinajstić information content (AvgIpc) is 2.45. The molecule has 0 bridgehead atoms. The van der Waals surface area contributed by atoms with Crippen LogP contribution in [0.15, 0.2) is 24.3 Å². The van der Waals surface area contributed by atoms with Gasteiger partial charge in [0.15, 0.2) is 0 Å². The fourth-order valence-corrected chi connectivity index (χ4v) is 1.79. The average molecular weight is 285 g/mol. The van der Waals surface area contributed by atoms with Gasteiger partial charge in [0.05, 0.1) is 19.3 Å². The highest BCUT2D eigenvalue weighted by atomic mass is 19.1. The molecule has 0 amide bonds. The molecule has 0 heterocycles. The highest BCUT2D eigenvalue weighted by molar-refractivity contribution is 5.16. The molecule has 1 aromatic carbocycles. The van der Waals surface area contributed by atoms with Crippen LogP contribution in [0.25, 0.3) is 0 Å². The number of benzene rings is 1. The van der Waals surface area contributed by atoms with Crippen LogP contribution in [0, 0.1) is 5.82 Å². The van der Waals surface area contributed by atoms with Gasteiger partial charge in [-0.05, 0) is 31.9 Å². The van der Waals surface area contributed by atoms with Gasteiger partial charge < -0.3 is 20.3 Å². The van der Waals surface area contributed by atoms with Gasteiger partial charge in [-0.25, -0.2) is 4.39 Å². The monoisotopic (exact) mass is 285 g/mol.